The molecule has 2 heterocycles. The van der Waals surface area contributed by atoms with Gasteiger partial charge in [0.1, 0.15) is 23.2 Å². The van der Waals surface area contributed by atoms with Crippen LogP contribution in [0.4, 0.5) is 4.79 Å². The minimum atomic E-state index is -0.738. The largest absolute Gasteiger partial charge is 0.498 e. The summed E-state index contributed by atoms with van der Waals surface area (Å²) < 4.78 is 22.3. The summed E-state index contributed by atoms with van der Waals surface area (Å²) in [6, 6.07) is -0.261. The van der Waals surface area contributed by atoms with Gasteiger partial charge in [-0.05, 0) is 40.7 Å². The summed E-state index contributed by atoms with van der Waals surface area (Å²) in [7, 11) is 1.60. The van der Waals surface area contributed by atoms with Gasteiger partial charge in [0, 0.05) is 0 Å². The highest BCUT2D eigenvalue weighted by atomic mass is 16.6. The van der Waals surface area contributed by atoms with Gasteiger partial charge < -0.3 is 18.9 Å². The molecule has 0 aromatic carbocycles. The van der Waals surface area contributed by atoms with Gasteiger partial charge in [0.15, 0.2) is 0 Å². The first-order valence-electron chi connectivity index (χ1n) is 7.17. The van der Waals surface area contributed by atoms with Crippen LogP contribution in [0.3, 0.4) is 0 Å². The topological polar surface area (TPSA) is 57.2 Å². The molecule has 2 aliphatic rings. The van der Waals surface area contributed by atoms with Gasteiger partial charge in [-0.2, -0.15) is 0 Å². The molecule has 21 heavy (non-hydrogen) atoms. The summed E-state index contributed by atoms with van der Waals surface area (Å²) in [5.41, 5.74) is -1.30. The van der Waals surface area contributed by atoms with Crippen LogP contribution in [-0.4, -0.2) is 54.8 Å². The maximum atomic E-state index is 12.5. The van der Waals surface area contributed by atoms with Crippen molar-refractivity contribution in [3.8, 4) is 0 Å². The first-order valence-corrected chi connectivity index (χ1v) is 7.17. The molecular formula is C15H25NO5. The van der Waals surface area contributed by atoms with Gasteiger partial charge in [-0.25, -0.2) is 4.79 Å². The molecular weight excluding hydrogens is 274 g/mol. The highest BCUT2D eigenvalue weighted by molar-refractivity contribution is 5.70. The molecule has 0 N–H and O–H groups in total. The zero-order chi connectivity index (χ0) is 15.8. The Bertz CT molecular complexity index is 438. The normalized spacial score (nSPS) is 28.5. The predicted molar refractivity (Wildman–Crippen MR) is 76.7 cm³/mol. The lowest BCUT2D eigenvalue weighted by molar-refractivity contribution is -0.0694. The van der Waals surface area contributed by atoms with Gasteiger partial charge in [0.25, 0.3) is 0 Å². The molecule has 2 atom stereocenters. The summed E-state index contributed by atoms with van der Waals surface area (Å²) in [5.74, 6) is 0.731. The van der Waals surface area contributed by atoms with Crippen molar-refractivity contribution in [2.45, 2.75) is 58.1 Å². The summed E-state index contributed by atoms with van der Waals surface area (Å²) in [4.78, 5) is 14.2. The lowest BCUT2D eigenvalue weighted by Gasteiger charge is -2.36. The number of nitrogens with zero attached hydrogens (tertiary/aromatic N) is 1. The quantitative estimate of drug-likeness (QED) is 0.783. The fourth-order valence-electron chi connectivity index (χ4n) is 2.65. The van der Waals surface area contributed by atoms with Gasteiger partial charge in [-0.1, -0.05) is 0 Å². The van der Waals surface area contributed by atoms with Crippen molar-refractivity contribution >= 4 is 6.09 Å². The molecule has 0 aromatic rings. The molecule has 0 spiro atoms. The smallest absolute Gasteiger partial charge is 0.413 e. The molecule has 120 valence electrons. The van der Waals surface area contributed by atoms with Gasteiger partial charge in [0.05, 0.1) is 26.4 Å². The Kier molecular flexibility index (Phi) is 4.22. The molecule has 1 fully saturated rings. The van der Waals surface area contributed by atoms with Crippen LogP contribution in [0.25, 0.3) is 0 Å². The molecule has 0 aromatic heterocycles. The van der Waals surface area contributed by atoms with Crippen molar-refractivity contribution in [1.82, 2.24) is 4.90 Å². The average molecular weight is 299 g/mol. The van der Waals surface area contributed by atoms with Crippen molar-refractivity contribution < 1.29 is 23.7 Å². The summed E-state index contributed by atoms with van der Waals surface area (Å²) in [5, 5.41) is 0. The van der Waals surface area contributed by atoms with Crippen molar-refractivity contribution in [2.24, 2.45) is 0 Å². The van der Waals surface area contributed by atoms with Crippen LogP contribution in [0.1, 0.15) is 34.6 Å². The first kappa shape index (κ1) is 16.1. The van der Waals surface area contributed by atoms with E-state index >= 15 is 0 Å². The van der Waals surface area contributed by atoms with E-state index in [0.29, 0.717) is 13.2 Å². The second-order valence-electron chi connectivity index (χ2n) is 6.74. The van der Waals surface area contributed by atoms with Crippen LogP contribution in [-0.2, 0) is 18.9 Å². The zero-order valence-corrected chi connectivity index (χ0v) is 13.6. The van der Waals surface area contributed by atoms with E-state index in [-0.39, 0.29) is 12.1 Å². The van der Waals surface area contributed by atoms with Crippen molar-refractivity contribution in [1.29, 1.82) is 0 Å². The molecule has 1 saturated heterocycles. The molecule has 6 heteroatoms. The minimum Gasteiger partial charge on any atom is -0.498 e. The van der Waals surface area contributed by atoms with Gasteiger partial charge in [0.2, 0.25) is 0 Å². The fourth-order valence-corrected chi connectivity index (χ4v) is 2.65. The number of rotatable bonds is 2. The molecule has 0 aliphatic carbocycles. The maximum Gasteiger partial charge on any atom is 0.413 e. The van der Waals surface area contributed by atoms with E-state index in [1.807, 2.05) is 40.7 Å². The highest BCUT2D eigenvalue weighted by Crippen LogP contribution is 2.34. The summed E-state index contributed by atoms with van der Waals surface area (Å²) in [6.45, 7) is 10.1. The molecule has 0 radical (unpaired) electrons. The van der Waals surface area contributed by atoms with Crippen molar-refractivity contribution in [2.75, 3.05) is 20.3 Å². The monoisotopic (exact) mass is 299 g/mol. The third kappa shape index (κ3) is 3.32. The van der Waals surface area contributed by atoms with E-state index in [2.05, 4.69) is 0 Å². The van der Waals surface area contributed by atoms with E-state index < -0.39 is 17.4 Å². The Morgan fingerprint density at radius 2 is 2.10 bits per heavy atom. The second kappa shape index (κ2) is 5.50. The Hall–Kier alpha value is -1.27. The predicted octanol–water partition coefficient (Wildman–Crippen LogP) is 2.29. The van der Waals surface area contributed by atoms with E-state index in [4.69, 9.17) is 18.9 Å². The van der Waals surface area contributed by atoms with Crippen LogP contribution in [0, 0.1) is 0 Å². The van der Waals surface area contributed by atoms with E-state index in [1.54, 1.807) is 12.0 Å². The molecule has 2 rings (SSSR count). The van der Waals surface area contributed by atoms with Crippen LogP contribution in [0.2, 0.25) is 0 Å². The standard InChI is InChI=1S/C15H25NO5/c1-14(2,3)21-13(17)16-10(9-20-15(16,4)5)12-11(18-6)7-8-19-12/h7,10,12H,8-9H2,1-6H3/t10-,12-/m0/s1. The summed E-state index contributed by atoms with van der Waals surface area (Å²) >= 11 is 0. The number of ether oxygens (including phenoxy) is 4. The average Bonchev–Trinajstić information content (AvgIpc) is 2.89. The Morgan fingerprint density at radius 3 is 2.67 bits per heavy atom. The Morgan fingerprint density at radius 1 is 1.43 bits per heavy atom. The first-order chi connectivity index (χ1) is 9.65. The number of carbonyl (C=O) groups excluding carboxylic acids is 1. The van der Waals surface area contributed by atoms with E-state index in [0.717, 1.165) is 5.76 Å². The molecule has 0 bridgehead atoms. The molecule has 0 saturated carbocycles. The molecule has 6 nitrogen and oxygen atoms in total. The minimum absolute atomic E-state index is 0.261. The molecule has 2 aliphatic heterocycles. The number of methoxy groups -OCH3 is 1. The number of hydrogen-bond donors (Lipinski definition) is 0. The second-order valence-corrected chi connectivity index (χ2v) is 6.74. The van der Waals surface area contributed by atoms with E-state index in [1.165, 1.54) is 0 Å². The number of carbonyl (C=O) groups is 1. The van der Waals surface area contributed by atoms with Crippen molar-refractivity contribution in [3.63, 3.8) is 0 Å². The van der Waals surface area contributed by atoms with Crippen LogP contribution in [0.5, 0.6) is 0 Å². The van der Waals surface area contributed by atoms with Crippen LogP contribution >= 0.6 is 0 Å². The van der Waals surface area contributed by atoms with E-state index in [9.17, 15) is 4.79 Å². The van der Waals surface area contributed by atoms with Crippen LogP contribution in [0.15, 0.2) is 11.8 Å². The lowest BCUT2D eigenvalue weighted by Crippen LogP contribution is -2.53. The third-order valence-corrected chi connectivity index (χ3v) is 3.54. The third-order valence-electron chi connectivity index (χ3n) is 3.54. The number of hydrogen-bond acceptors (Lipinski definition) is 5. The Labute approximate surface area is 126 Å². The number of amides is 1. The van der Waals surface area contributed by atoms with Gasteiger partial charge in [-0.3, -0.25) is 4.90 Å². The Balaban J connectivity index is 2.21. The van der Waals surface area contributed by atoms with Gasteiger partial charge >= 0.3 is 6.09 Å². The fraction of sp³-hybridized carbons (Fsp3) is 0.800. The molecule has 1 amide bonds. The van der Waals surface area contributed by atoms with Gasteiger partial charge in [-0.15, -0.1) is 0 Å². The zero-order valence-electron chi connectivity index (χ0n) is 13.6. The lowest BCUT2D eigenvalue weighted by atomic mass is 10.1. The van der Waals surface area contributed by atoms with Crippen molar-refractivity contribution in [3.05, 3.63) is 11.8 Å². The summed E-state index contributed by atoms with van der Waals surface area (Å²) in [6.07, 6.45) is 1.16. The van der Waals surface area contributed by atoms with Crippen LogP contribution < -0.4 is 0 Å². The SMILES string of the molecule is COC1=CCO[C@H]1[C@@H]1COC(C)(C)N1C(=O)OC(C)(C)C. The molecule has 0 unspecified atom stereocenters. The highest BCUT2D eigenvalue weighted by Gasteiger charge is 2.50. The maximum absolute atomic E-state index is 12.5.